The van der Waals surface area contributed by atoms with Crippen molar-refractivity contribution in [3.63, 3.8) is 0 Å². The van der Waals surface area contributed by atoms with E-state index in [1.165, 1.54) is 5.56 Å². The fourth-order valence-corrected chi connectivity index (χ4v) is 3.84. The molecule has 8 nitrogen and oxygen atoms in total. The highest BCUT2D eigenvalue weighted by Crippen LogP contribution is 2.27. The lowest BCUT2D eigenvalue weighted by atomic mass is 9.85. The molecule has 29 heavy (non-hydrogen) atoms. The van der Waals surface area contributed by atoms with Crippen molar-refractivity contribution >= 4 is 23.0 Å². The number of rotatable bonds is 4. The zero-order chi connectivity index (χ0) is 20.6. The van der Waals surface area contributed by atoms with Crippen LogP contribution in [0.5, 0.6) is 0 Å². The number of carbonyl (C=O) groups is 1. The minimum absolute atomic E-state index is 0.0847. The van der Waals surface area contributed by atoms with Crippen LogP contribution in [-0.2, 0) is 10.2 Å². The SMILES string of the molecule is CC(C)(C)c1ccc(-n2nnc3cnc(NC4CCCC(C(N)=O)C4)nc32)cc1. The van der Waals surface area contributed by atoms with Crippen LogP contribution in [0.25, 0.3) is 16.9 Å². The Hall–Kier alpha value is -3.03. The first-order chi connectivity index (χ1) is 13.8. The van der Waals surface area contributed by atoms with E-state index in [0.717, 1.165) is 24.9 Å². The molecule has 1 aliphatic rings. The Morgan fingerprint density at radius 1 is 1.21 bits per heavy atom. The lowest BCUT2D eigenvalue weighted by Gasteiger charge is -2.27. The molecule has 0 bridgehead atoms. The van der Waals surface area contributed by atoms with Gasteiger partial charge in [-0.3, -0.25) is 4.79 Å². The number of fused-ring (bicyclic) bond motifs is 1. The number of anilines is 1. The fourth-order valence-electron chi connectivity index (χ4n) is 3.84. The molecule has 1 fully saturated rings. The lowest BCUT2D eigenvalue weighted by Crippen LogP contribution is -2.34. The number of primary amides is 1. The molecule has 152 valence electrons. The average molecular weight is 393 g/mol. The molecule has 0 saturated heterocycles. The monoisotopic (exact) mass is 393 g/mol. The Morgan fingerprint density at radius 2 is 1.97 bits per heavy atom. The molecule has 0 radical (unpaired) electrons. The highest BCUT2D eigenvalue weighted by molar-refractivity contribution is 5.77. The van der Waals surface area contributed by atoms with Crippen LogP contribution in [0, 0.1) is 5.92 Å². The Balaban J connectivity index is 1.59. The van der Waals surface area contributed by atoms with E-state index in [2.05, 4.69) is 58.5 Å². The molecule has 2 heterocycles. The Morgan fingerprint density at radius 3 is 2.66 bits per heavy atom. The van der Waals surface area contributed by atoms with Crippen molar-refractivity contribution in [1.29, 1.82) is 0 Å². The number of carbonyl (C=O) groups excluding carboxylic acids is 1. The highest BCUT2D eigenvalue weighted by atomic mass is 16.1. The first-order valence-electron chi connectivity index (χ1n) is 10.1. The molecule has 2 unspecified atom stereocenters. The molecule has 2 atom stereocenters. The fraction of sp³-hybridized carbons (Fsp3) is 0.476. The molecule has 1 aromatic carbocycles. The van der Waals surface area contributed by atoms with Gasteiger partial charge in [-0.25, -0.2) is 4.98 Å². The molecule has 2 aromatic heterocycles. The maximum atomic E-state index is 11.5. The third-order valence-electron chi connectivity index (χ3n) is 5.58. The second-order valence-electron chi connectivity index (χ2n) is 8.81. The van der Waals surface area contributed by atoms with Crippen LogP contribution in [-0.4, -0.2) is 36.9 Å². The number of hydrogen-bond acceptors (Lipinski definition) is 6. The summed E-state index contributed by atoms with van der Waals surface area (Å²) in [6.07, 6.45) is 5.17. The Bertz CT molecular complexity index is 1020. The molecule has 3 N–H and O–H groups in total. The Labute approximate surface area is 169 Å². The van der Waals surface area contributed by atoms with Gasteiger partial charge in [0.05, 0.1) is 11.9 Å². The third kappa shape index (κ3) is 4.06. The largest absolute Gasteiger partial charge is 0.369 e. The van der Waals surface area contributed by atoms with Crippen LogP contribution in [0.15, 0.2) is 30.5 Å². The average Bonchev–Trinajstić information content (AvgIpc) is 3.11. The number of benzene rings is 1. The van der Waals surface area contributed by atoms with Gasteiger partial charge in [-0.1, -0.05) is 44.5 Å². The van der Waals surface area contributed by atoms with Crippen LogP contribution in [0.3, 0.4) is 0 Å². The van der Waals surface area contributed by atoms with E-state index in [1.54, 1.807) is 10.9 Å². The standard InChI is InChI=1S/C21H27N7O/c1-21(2,3)14-7-9-16(10-8-14)28-19-17(26-27-28)12-23-20(25-19)24-15-6-4-5-13(11-15)18(22)29/h7-10,12-13,15H,4-6,11H2,1-3H3,(H2,22,29)(H,23,24,25). The summed E-state index contributed by atoms with van der Waals surface area (Å²) < 4.78 is 1.72. The van der Waals surface area contributed by atoms with Gasteiger partial charge in [-0.15, -0.1) is 5.10 Å². The van der Waals surface area contributed by atoms with E-state index in [9.17, 15) is 4.79 Å². The maximum absolute atomic E-state index is 11.5. The Kier molecular flexibility index (Phi) is 4.94. The molecule has 0 aliphatic heterocycles. The van der Waals surface area contributed by atoms with Gasteiger partial charge in [0.1, 0.15) is 0 Å². The molecule has 3 aromatic rings. The maximum Gasteiger partial charge on any atom is 0.225 e. The van der Waals surface area contributed by atoms with Crippen molar-refractivity contribution < 1.29 is 4.79 Å². The van der Waals surface area contributed by atoms with Gasteiger partial charge in [-0.2, -0.15) is 9.67 Å². The number of aromatic nitrogens is 5. The van der Waals surface area contributed by atoms with Gasteiger partial charge < -0.3 is 11.1 Å². The zero-order valence-corrected chi connectivity index (χ0v) is 17.1. The van der Waals surface area contributed by atoms with Crippen molar-refractivity contribution in [3.8, 4) is 5.69 Å². The first kappa shape index (κ1) is 19.3. The van der Waals surface area contributed by atoms with E-state index >= 15 is 0 Å². The zero-order valence-electron chi connectivity index (χ0n) is 17.1. The molecule has 8 heteroatoms. The van der Waals surface area contributed by atoms with Gasteiger partial charge in [0, 0.05) is 12.0 Å². The van der Waals surface area contributed by atoms with E-state index in [0.29, 0.717) is 23.5 Å². The summed E-state index contributed by atoms with van der Waals surface area (Å²) >= 11 is 0. The van der Waals surface area contributed by atoms with E-state index < -0.39 is 0 Å². The highest BCUT2D eigenvalue weighted by Gasteiger charge is 2.26. The molecular weight excluding hydrogens is 366 g/mol. The van der Waals surface area contributed by atoms with Crippen molar-refractivity contribution in [2.45, 2.75) is 57.9 Å². The second-order valence-corrected chi connectivity index (χ2v) is 8.81. The minimum atomic E-state index is -0.228. The van der Waals surface area contributed by atoms with Gasteiger partial charge in [0.25, 0.3) is 0 Å². The van der Waals surface area contributed by atoms with Crippen molar-refractivity contribution in [3.05, 3.63) is 36.0 Å². The number of nitrogens with zero attached hydrogens (tertiary/aromatic N) is 5. The van der Waals surface area contributed by atoms with Crippen molar-refractivity contribution in [2.24, 2.45) is 11.7 Å². The second kappa shape index (κ2) is 7.42. The van der Waals surface area contributed by atoms with Gasteiger partial charge in [-0.05, 0) is 42.4 Å². The van der Waals surface area contributed by atoms with E-state index in [-0.39, 0.29) is 23.3 Å². The molecule has 1 amide bonds. The van der Waals surface area contributed by atoms with Crippen LogP contribution in [0.1, 0.15) is 52.0 Å². The summed E-state index contributed by atoms with van der Waals surface area (Å²) in [5.74, 6) is 0.204. The topological polar surface area (TPSA) is 112 Å². The summed E-state index contributed by atoms with van der Waals surface area (Å²) in [6, 6.07) is 8.41. The summed E-state index contributed by atoms with van der Waals surface area (Å²) in [4.78, 5) is 20.5. The van der Waals surface area contributed by atoms with E-state index in [4.69, 9.17) is 5.73 Å². The van der Waals surface area contributed by atoms with Gasteiger partial charge >= 0.3 is 0 Å². The summed E-state index contributed by atoms with van der Waals surface area (Å²) in [5, 5.41) is 11.8. The normalized spacial score (nSPS) is 20.0. The molecule has 1 saturated carbocycles. The summed E-state index contributed by atoms with van der Waals surface area (Å²) in [5.41, 5.74) is 9.01. The third-order valence-corrected chi connectivity index (χ3v) is 5.58. The number of nitrogens with two attached hydrogens (primary N) is 1. The smallest absolute Gasteiger partial charge is 0.225 e. The molecular formula is C21H27N7O. The number of amides is 1. The van der Waals surface area contributed by atoms with Crippen LogP contribution >= 0.6 is 0 Å². The van der Waals surface area contributed by atoms with Crippen LogP contribution < -0.4 is 11.1 Å². The van der Waals surface area contributed by atoms with Crippen LogP contribution in [0.4, 0.5) is 5.95 Å². The predicted molar refractivity (Wildman–Crippen MR) is 112 cm³/mol. The minimum Gasteiger partial charge on any atom is -0.369 e. The van der Waals surface area contributed by atoms with E-state index in [1.807, 2.05) is 12.1 Å². The van der Waals surface area contributed by atoms with Gasteiger partial charge in [0.15, 0.2) is 11.2 Å². The first-order valence-corrected chi connectivity index (χ1v) is 10.1. The lowest BCUT2D eigenvalue weighted by molar-refractivity contribution is -0.122. The predicted octanol–water partition coefficient (Wildman–Crippen LogP) is 2.96. The van der Waals surface area contributed by atoms with Crippen molar-refractivity contribution in [2.75, 3.05) is 5.32 Å². The van der Waals surface area contributed by atoms with Crippen LogP contribution in [0.2, 0.25) is 0 Å². The summed E-state index contributed by atoms with van der Waals surface area (Å²) in [7, 11) is 0. The summed E-state index contributed by atoms with van der Waals surface area (Å²) in [6.45, 7) is 6.56. The van der Waals surface area contributed by atoms with Gasteiger partial charge in [0.2, 0.25) is 11.9 Å². The number of nitrogens with one attached hydrogen (secondary N) is 1. The molecule has 0 spiro atoms. The van der Waals surface area contributed by atoms with Crippen molar-refractivity contribution in [1.82, 2.24) is 25.0 Å². The number of hydrogen-bond donors (Lipinski definition) is 2. The quantitative estimate of drug-likeness (QED) is 0.705. The molecule has 4 rings (SSSR count). The molecule has 1 aliphatic carbocycles.